The fourth-order valence-corrected chi connectivity index (χ4v) is 4.09. The number of carboxylic acid groups (broad SMARTS) is 1. The zero-order chi connectivity index (χ0) is 20.3. The average molecular weight is 430 g/mol. The van der Waals surface area contributed by atoms with Crippen molar-refractivity contribution in [2.75, 3.05) is 18.0 Å². The third-order valence-electron chi connectivity index (χ3n) is 5.35. The number of fused-ring (bicyclic) bond motifs is 1. The van der Waals surface area contributed by atoms with Crippen LogP contribution in [0.2, 0.25) is 0 Å². The minimum Gasteiger partial charge on any atom is -0.504 e. The third-order valence-corrected chi connectivity index (χ3v) is 5.35. The van der Waals surface area contributed by atoms with E-state index in [-0.39, 0.29) is 41.7 Å². The number of aromatic hydroxyl groups is 1. The van der Waals surface area contributed by atoms with E-state index in [1.165, 1.54) is 9.47 Å². The smallest absolute Gasteiger partial charge is 0.341 e. The van der Waals surface area contributed by atoms with E-state index < -0.39 is 39.7 Å². The van der Waals surface area contributed by atoms with Crippen molar-refractivity contribution in [2.45, 2.75) is 44.8 Å². The Morgan fingerprint density at radius 2 is 1.76 bits per heavy atom. The van der Waals surface area contributed by atoms with E-state index >= 15 is 8.78 Å². The number of nitrogens with zero attached hydrogens (tertiary/aromatic N) is 2. The van der Waals surface area contributed by atoms with Gasteiger partial charge in [-0.1, -0.05) is 0 Å². The van der Waals surface area contributed by atoms with E-state index in [0.717, 1.165) is 6.20 Å². The topological polar surface area (TPSA) is 94.8 Å². The Hall–Kier alpha value is -2.39. The highest BCUT2D eigenvalue weighted by Crippen LogP contribution is 2.42. The monoisotopic (exact) mass is 429 g/mol. The molecule has 1 aliphatic carbocycles. The van der Waals surface area contributed by atoms with Crippen LogP contribution in [-0.2, 0) is 0 Å². The molecule has 2 aliphatic rings. The molecule has 1 saturated heterocycles. The molecule has 2 aromatic rings. The standard InChI is InChI=1S/C19H21F2N3O4.ClH/c1-8-5-23(6-9(2)22-8)16-13(20)15-12(18(26)14(16)21)17(25)11(19(27)28)7-24(15)10-3-4-10;/h7-10,22,26H,3-6H2,1-2H3,(H,27,28);1H/t8-,9+;. The van der Waals surface area contributed by atoms with Crippen molar-refractivity contribution in [2.24, 2.45) is 0 Å². The molecular weight excluding hydrogens is 408 g/mol. The molecule has 3 N–H and O–H groups in total. The number of nitrogens with one attached hydrogen (secondary N) is 1. The van der Waals surface area contributed by atoms with Gasteiger partial charge in [0, 0.05) is 37.4 Å². The van der Waals surface area contributed by atoms with Crippen molar-refractivity contribution in [3.8, 4) is 5.75 Å². The molecule has 10 heteroatoms. The van der Waals surface area contributed by atoms with Crippen molar-refractivity contribution in [1.82, 2.24) is 9.88 Å². The predicted molar refractivity (Wildman–Crippen MR) is 107 cm³/mol. The Morgan fingerprint density at radius 3 is 2.28 bits per heavy atom. The number of pyridine rings is 1. The lowest BCUT2D eigenvalue weighted by Crippen LogP contribution is -2.54. The van der Waals surface area contributed by atoms with Gasteiger partial charge in [0.2, 0.25) is 5.43 Å². The van der Waals surface area contributed by atoms with Crippen molar-refractivity contribution < 1.29 is 23.8 Å². The molecule has 0 spiro atoms. The van der Waals surface area contributed by atoms with E-state index in [1.54, 1.807) is 0 Å². The number of rotatable bonds is 3. The summed E-state index contributed by atoms with van der Waals surface area (Å²) in [6.07, 6.45) is 2.47. The molecule has 1 aromatic heterocycles. The van der Waals surface area contributed by atoms with Gasteiger partial charge >= 0.3 is 5.97 Å². The van der Waals surface area contributed by atoms with E-state index in [1.807, 2.05) is 13.8 Å². The number of carboxylic acids is 1. The highest BCUT2D eigenvalue weighted by atomic mass is 35.5. The zero-order valence-corrected chi connectivity index (χ0v) is 16.7. The van der Waals surface area contributed by atoms with E-state index in [2.05, 4.69) is 5.32 Å². The molecule has 4 rings (SSSR count). The summed E-state index contributed by atoms with van der Waals surface area (Å²) in [6, 6.07) is -0.241. The van der Waals surface area contributed by atoms with Crippen molar-refractivity contribution >= 4 is 35.0 Å². The number of hydrogen-bond donors (Lipinski definition) is 3. The van der Waals surface area contributed by atoms with Crippen LogP contribution >= 0.6 is 12.4 Å². The van der Waals surface area contributed by atoms with Crippen LogP contribution in [0.3, 0.4) is 0 Å². The molecule has 1 aliphatic heterocycles. The lowest BCUT2D eigenvalue weighted by Gasteiger charge is -2.38. The summed E-state index contributed by atoms with van der Waals surface area (Å²) in [5.41, 5.74) is -2.35. The van der Waals surface area contributed by atoms with Crippen LogP contribution in [0.1, 0.15) is 43.1 Å². The number of aromatic carboxylic acids is 1. The van der Waals surface area contributed by atoms with E-state index in [4.69, 9.17) is 0 Å². The van der Waals surface area contributed by atoms with Gasteiger partial charge in [-0.3, -0.25) is 4.79 Å². The first-order chi connectivity index (χ1) is 13.2. The van der Waals surface area contributed by atoms with Crippen molar-refractivity contribution in [1.29, 1.82) is 0 Å². The molecule has 0 radical (unpaired) electrons. The fraction of sp³-hybridized carbons (Fsp3) is 0.474. The van der Waals surface area contributed by atoms with Crippen LogP contribution in [0.25, 0.3) is 10.9 Å². The molecule has 1 aromatic carbocycles. The lowest BCUT2D eigenvalue weighted by atomic mass is 10.0. The number of phenolic OH excluding ortho intramolecular Hbond substituents is 1. The second-order valence-corrected chi connectivity index (χ2v) is 7.74. The van der Waals surface area contributed by atoms with E-state index in [9.17, 15) is 19.8 Å². The zero-order valence-electron chi connectivity index (χ0n) is 15.9. The number of aromatic nitrogens is 1. The Morgan fingerprint density at radius 1 is 1.17 bits per heavy atom. The molecule has 1 saturated carbocycles. The lowest BCUT2D eigenvalue weighted by molar-refractivity contribution is 0.0695. The molecular formula is C19H22ClF2N3O4. The first-order valence-corrected chi connectivity index (χ1v) is 9.23. The third kappa shape index (κ3) is 3.42. The van der Waals surface area contributed by atoms with Gasteiger partial charge in [-0.05, 0) is 26.7 Å². The number of piperazine rings is 1. The van der Waals surface area contributed by atoms with Crippen LogP contribution < -0.4 is 15.6 Å². The van der Waals surface area contributed by atoms with Gasteiger partial charge in [0.25, 0.3) is 0 Å². The van der Waals surface area contributed by atoms with Crippen LogP contribution in [-0.4, -0.2) is 45.9 Å². The Labute approximate surface area is 171 Å². The Bertz CT molecular complexity index is 1040. The Balaban J connectivity index is 0.00000240. The summed E-state index contributed by atoms with van der Waals surface area (Å²) in [6.45, 7) is 4.42. The second-order valence-electron chi connectivity index (χ2n) is 7.74. The van der Waals surface area contributed by atoms with Crippen molar-refractivity contribution in [3.63, 3.8) is 0 Å². The van der Waals surface area contributed by atoms with Gasteiger partial charge in [0.05, 0.1) is 10.9 Å². The number of hydrogen-bond acceptors (Lipinski definition) is 5. The quantitative estimate of drug-likeness (QED) is 0.694. The van der Waals surface area contributed by atoms with Crippen LogP contribution in [0.15, 0.2) is 11.0 Å². The van der Waals surface area contributed by atoms with Gasteiger partial charge in [0.15, 0.2) is 17.4 Å². The maximum atomic E-state index is 15.6. The largest absolute Gasteiger partial charge is 0.504 e. The van der Waals surface area contributed by atoms with Crippen LogP contribution in [0.4, 0.5) is 14.5 Å². The van der Waals surface area contributed by atoms with Gasteiger partial charge < -0.3 is 25.0 Å². The SMILES string of the molecule is C[C@@H]1CN(c2c(F)c(O)c3c(=O)c(C(=O)O)cn(C4CC4)c3c2F)C[C@H](C)N1.Cl. The minimum absolute atomic E-state index is 0. The van der Waals surface area contributed by atoms with Gasteiger partial charge in [-0.15, -0.1) is 12.4 Å². The fourth-order valence-electron chi connectivity index (χ4n) is 4.09. The minimum atomic E-state index is -1.50. The molecule has 7 nitrogen and oxygen atoms in total. The van der Waals surface area contributed by atoms with Gasteiger partial charge in [-0.2, -0.15) is 0 Å². The molecule has 2 fully saturated rings. The summed E-state index contributed by atoms with van der Waals surface area (Å²) in [5.74, 6) is -4.70. The predicted octanol–water partition coefficient (Wildman–Crippen LogP) is 2.63. The highest BCUT2D eigenvalue weighted by Gasteiger charge is 2.34. The number of phenols is 1. The summed E-state index contributed by atoms with van der Waals surface area (Å²) < 4.78 is 32.0. The number of carbonyl (C=O) groups is 1. The molecule has 158 valence electrons. The summed E-state index contributed by atoms with van der Waals surface area (Å²) >= 11 is 0. The second kappa shape index (κ2) is 7.46. The van der Waals surface area contributed by atoms with Gasteiger partial charge in [0.1, 0.15) is 11.3 Å². The maximum absolute atomic E-state index is 15.6. The molecule has 0 unspecified atom stereocenters. The van der Waals surface area contributed by atoms with Crippen LogP contribution in [0.5, 0.6) is 5.75 Å². The number of halogens is 3. The van der Waals surface area contributed by atoms with Crippen molar-refractivity contribution in [3.05, 3.63) is 33.6 Å². The molecule has 2 heterocycles. The molecule has 2 atom stereocenters. The molecule has 0 amide bonds. The normalized spacial score (nSPS) is 21.9. The number of anilines is 1. The first kappa shape index (κ1) is 21.3. The Kier molecular flexibility index (Phi) is 5.48. The van der Waals surface area contributed by atoms with E-state index in [0.29, 0.717) is 25.9 Å². The van der Waals surface area contributed by atoms with Gasteiger partial charge in [-0.25, -0.2) is 13.6 Å². The molecule has 29 heavy (non-hydrogen) atoms. The number of benzene rings is 1. The first-order valence-electron chi connectivity index (χ1n) is 9.23. The summed E-state index contributed by atoms with van der Waals surface area (Å²) in [7, 11) is 0. The highest BCUT2D eigenvalue weighted by molar-refractivity contribution is 5.96. The maximum Gasteiger partial charge on any atom is 0.341 e. The average Bonchev–Trinajstić information content (AvgIpc) is 3.43. The van der Waals surface area contributed by atoms with Crippen LogP contribution in [0, 0.1) is 11.6 Å². The summed E-state index contributed by atoms with van der Waals surface area (Å²) in [4.78, 5) is 25.5. The molecule has 0 bridgehead atoms. The summed E-state index contributed by atoms with van der Waals surface area (Å²) in [5, 5.41) is 22.4.